The lowest BCUT2D eigenvalue weighted by Crippen LogP contribution is -2.47. The molecule has 0 fully saturated rings. The number of ketones is 1. The molecule has 0 saturated heterocycles. The van der Waals surface area contributed by atoms with Gasteiger partial charge >= 0.3 is 11.9 Å². The van der Waals surface area contributed by atoms with Gasteiger partial charge in [-0.15, -0.1) is 0 Å². The number of hydrogen-bond acceptors (Lipinski definition) is 5. The maximum absolute atomic E-state index is 13.8. The molecule has 0 aliphatic rings. The molecule has 0 atom stereocenters. The Morgan fingerprint density at radius 2 is 1.31 bits per heavy atom. The van der Waals surface area contributed by atoms with Crippen LogP contribution in [0.25, 0.3) is 0 Å². The van der Waals surface area contributed by atoms with Gasteiger partial charge in [0.15, 0.2) is 5.78 Å². The van der Waals surface area contributed by atoms with Crippen LogP contribution < -0.4 is 0 Å². The standard InChI is InChI=1S/C23H33FO5/c1-5-9-15-23(16-10-6-2,17-11-13-18(24)14-12-17)20(25)19(21(26)28-7-3)22(27)29-8-4/h11-14,19H,5-10,15-16H2,1-4H3. The molecular formula is C23H33FO5. The van der Waals surface area contributed by atoms with Crippen LogP contribution in [0.5, 0.6) is 0 Å². The highest BCUT2D eigenvalue weighted by molar-refractivity contribution is 6.18. The molecule has 0 aromatic heterocycles. The SMILES string of the molecule is CCCCC(CCCC)(C(=O)C(C(=O)OCC)C(=O)OCC)c1ccc(F)cc1. The maximum atomic E-state index is 13.8. The van der Waals surface area contributed by atoms with E-state index in [1.807, 2.05) is 13.8 Å². The number of carbonyl (C=O) groups is 3. The molecule has 0 amide bonds. The van der Waals surface area contributed by atoms with E-state index < -0.39 is 34.9 Å². The van der Waals surface area contributed by atoms with Gasteiger partial charge in [0, 0.05) is 0 Å². The van der Waals surface area contributed by atoms with Crippen molar-refractivity contribution in [2.24, 2.45) is 5.92 Å². The highest BCUT2D eigenvalue weighted by Crippen LogP contribution is 2.39. The van der Waals surface area contributed by atoms with Crippen LogP contribution in [0.15, 0.2) is 24.3 Å². The molecule has 0 spiro atoms. The van der Waals surface area contributed by atoms with Crippen LogP contribution in [0.3, 0.4) is 0 Å². The zero-order valence-corrected chi connectivity index (χ0v) is 18.0. The normalized spacial score (nSPS) is 11.4. The van der Waals surface area contributed by atoms with E-state index in [9.17, 15) is 18.8 Å². The summed E-state index contributed by atoms with van der Waals surface area (Å²) < 4.78 is 23.6. The van der Waals surface area contributed by atoms with E-state index in [0.717, 1.165) is 25.7 Å². The Balaban J connectivity index is 3.55. The fraction of sp³-hybridized carbons (Fsp3) is 0.609. The van der Waals surface area contributed by atoms with E-state index in [1.54, 1.807) is 26.0 Å². The van der Waals surface area contributed by atoms with Gasteiger partial charge in [0.05, 0.1) is 18.6 Å². The minimum Gasteiger partial charge on any atom is -0.465 e. The summed E-state index contributed by atoms with van der Waals surface area (Å²) in [6.07, 6.45) is 4.06. The van der Waals surface area contributed by atoms with E-state index >= 15 is 0 Å². The van der Waals surface area contributed by atoms with Gasteiger partial charge in [0.25, 0.3) is 0 Å². The fourth-order valence-corrected chi connectivity index (χ4v) is 3.57. The van der Waals surface area contributed by atoms with Crippen molar-refractivity contribution in [2.75, 3.05) is 13.2 Å². The van der Waals surface area contributed by atoms with Crippen molar-refractivity contribution in [1.82, 2.24) is 0 Å². The lowest BCUT2D eigenvalue weighted by molar-refractivity contribution is -0.165. The first-order valence-corrected chi connectivity index (χ1v) is 10.5. The molecule has 0 unspecified atom stereocenters. The molecule has 0 aliphatic heterocycles. The molecule has 5 nitrogen and oxygen atoms in total. The highest BCUT2D eigenvalue weighted by Gasteiger charge is 2.49. The third-order valence-corrected chi connectivity index (χ3v) is 5.09. The lowest BCUT2D eigenvalue weighted by Gasteiger charge is -2.35. The highest BCUT2D eigenvalue weighted by atomic mass is 19.1. The average Bonchev–Trinajstić information content (AvgIpc) is 2.69. The predicted octanol–water partition coefficient (Wildman–Crippen LogP) is 4.76. The minimum atomic E-state index is -1.64. The molecule has 1 rings (SSSR count). The zero-order valence-electron chi connectivity index (χ0n) is 18.0. The molecule has 162 valence electrons. The summed E-state index contributed by atoms with van der Waals surface area (Å²) in [5.74, 6) is -4.36. The fourth-order valence-electron chi connectivity index (χ4n) is 3.57. The monoisotopic (exact) mass is 408 g/mol. The zero-order chi connectivity index (χ0) is 21.9. The van der Waals surface area contributed by atoms with Gasteiger partial charge < -0.3 is 9.47 Å². The molecule has 0 bridgehead atoms. The van der Waals surface area contributed by atoms with Crippen LogP contribution >= 0.6 is 0 Å². The van der Waals surface area contributed by atoms with Gasteiger partial charge in [0.2, 0.25) is 5.92 Å². The van der Waals surface area contributed by atoms with E-state index in [4.69, 9.17) is 9.47 Å². The number of unbranched alkanes of at least 4 members (excludes halogenated alkanes) is 2. The summed E-state index contributed by atoms with van der Waals surface area (Å²) in [4.78, 5) is 39.0. The van der Waals surface area contributed by atoms with Gasteiger partial charge in [-0.2, -0.15) is 0 Å². The van der Waals surface area contributed by atoms with Crippen LogP contribution in [0.1, 0.15) is 71.8 Å². The second-order valence-electron chi connectivity index (χ2n) is 7.10. The van der Waals surface area contributed by atoms with Gasteiger partial charge in [0.1, 0.15) is 5.82 Å². The Morgan fingerprint density at radius 1 is 0.862 bits per heavy atom. The molecule has 0 N–H and O–H groups in total. The number of hydrogen-bond donors (Lipinski definition) is 0. The van der Waals surface area contributed by atoms with Crippen molar-refractivity contribution >= 4 is 17.7 Å². The number of esters is 2. The number of ether oxygens (including phenoxy) is 2. The van der Waals surface area contributed by atoms with Crippen molar-refractivity contribution in [3.05, 3.63) is 35.6 Å². The Bertz CT molecular complexity index is 642. The average molecular weight is 409 g/mol. The largest absolute Gasteiger partial charge is 0.465 e. The summed E-state index contributed by atoms with van der Waals surface area (Å²) in [5.41, 5.74) is -0.464. The smallest absolute Gasteiger partial charge is 0.328 e. The first-order valence-electron chi connectivity index (χ1n) is 10.5. The molecule has 1 aromatic rings. The van der Waals surface area contributed by atoms with E-state index in [0.29, 0.717) is 18.4 Å². The van der Waals surface area contributed by atoms with Gasteiger partial charge in [-0.05, 0) is 44.4 Å². The maximum Gasteiger partial charge on any atom is 0.328 e. The van der Waals surface area contributed by atoms with E-state index in [1.165, 1.54) is 12.1 Å². The number of benzene rings is 1. The lowest BCUT2D eigenvalue weighted by atomic mass is 9.66. The van der Waals surface area contributed by atoms with Gasteiger partial charge in [-0.3, -0.25) is 14.4 Å². The summed E-state index contributed by atoms with van der Waals surface area (Å²) >= 11 is 0. The number of Topliss-reactive ketones (excluding diaryl/α,β-unsaturated/α-hetero) is 1. The van der Waals surface area contributed by atoms with Crippen LogP contribution in [0, 0.1) is 11.7 Å². The van der Waals surface area contributed by atoms with Crippen molar-refractivity contribution in [3.8, 4) is 0 Å². The summed E-state index contributed by atoms with van der Waals surface area (Å²) in [5, 5.41) is 0. The van der Waals surface area contributed by atoms with Gasteiger partial charge in [-0.25, -0.2) is 4.39 Å². The van der Waals surface area contributed by atoms with Crippen LogP contribution in [-0.2, 0) is 29.3 Å². The van der Waals surface area contributed by atoms with E-state index in [2.05, 4.69) is 0 Å². The molecule has 1 aromatic carbocycles. The third kappa shape index (κ3) is 6.38. The van der Waals surface area contributed by atoms with Crippen molar-refractivity contribution in [3.63, 3.8) is 0 Å². The minimum absolute atomic E-state index is 0.0511. The first kappa shape index (κ1) is 24.8. The molecule has 29 heavy (non-hydrogen) atoms. The molecular weight excluding hydrogens is 375 g/mol. The first-order chi connectivity index (χ1) is 13.9. The topological polar surface area (TPSA) is 69.7 Å². The second-order valence-corrected chi connectivity index (χ2v) is 7.10. The Labute approximate surface area is 173 Å². The van der Waals surface area contributed by atoms with Crippen molar-refractivity contribution in [1.29, 1.82) is 0 Å². The summed E-state index contributed by atoms with van der Waals surface area (Å²) in [7, 11) is 0. The Hall–Kier alpha value is -2.24. The third-order valence-electron chi connectivity index (χ3n) is 5.09. The van der Waals surface area contributed by atoms with E-state index in [-0.39, 0.29) is 13.2 Å². The quantitative estimate of drug-likeness (QED) is 0.348. The predicted molar refractivity (Wildman–Crippen MR) is 109 cm³/mol. The molecule has 6 heteroatoms. The molecule has 0 saturated carbocycles. The van der Waals surface area contributed by atoms with Crippen LogP contribution in [0.2, 0.25) is 0 Å². The van der Waals surface area contributed by atoms with Crippen molar-refractivity contribution in [2.45, 2.75) is 71.6 Å². The Kier molecular flexibility index (Phi) is 10.6. The second kappa shape index (κ2) is 12.3. The number of rotatable bonds is 13. The van der Waals surface area contributed by atoms with Crippen LogP contribution in [0.4, 0.5) is 4.39 Å². The summed E-state index contributed by atoms with van der Waals surface area (Å²) in [6.45, 7) is 7.35. The summed E-state index contributed by atoms with van der Waals surface area (Å²) in [6, 6.07) is 5.76. The van der Waals surface area contributed by atoms with Crippen molar-refractivity contribution < 1.29 is 28.2 Å². The van der Waals surface area contributed by atoms with Gasteiger partial charge in [-0.1, -0.05) is 51.7 Å². The number of halogens is 1. The molecule has 0 aliphatic carbocycles. The molecule has 0 heterocycles. The number of carbonyl (C=O) groups excluding carboxylic acids is 3. The molecule has 0 radical (unpaired) electrons. The Morgan fingerprint density at radius 3 is 1.69 bits per heavy atom. The van der Waals surface area contributed by atoms with Crippen LogP contribution in [-0.4, -0.2) is 30.9 Å².